The molecule has 0 aromatic heterocycles. The van der Waals surface area contributed by atoms with Crippen LogP contribution < -0.4 is 15.0 Å². The number of methoxy groups -OCH3 is 1. The number of carbonyl (C=O) groups excluding carboxylic acids is 3. The van der Waals surface area contributed by atoms with Crippen LogP contribution in [0.15, 0.2) is 42.5 Å². The molecule has 4 aliphatic rings. The minimum atomic E-state index is -1.12. The molecule has 4 heterocycles. The number of nitrogens with zero attached hydrogens (tertiary/aromatic N) is 2. The molecule has 1 N–H and O–H groups in total. The summed E-state index contributed by atoms with van der Waals surface area (Å²) < 4.78 is 5.21. The number of imide groups is 1. The number of benzene rings is 2. The number of fused-ring (bicyclic) bond motifs is 7. The minimum Gasteiger partial charge on any atom is -0.497 e. The second-order valence-electron chi connectivity index (χ2n) is 8.89. The Bertz CT molecular complexity index is 1140. The summed E-state index contributed by atoms with van der Waals surface area (Å²) in [5.74, 6) is -1.28. The molecule has 0 bridgehead atoms. The van der Waals surface area contributed by atoms with E-state index in [1.807, 2.05) is 25.1 Å². The molecule has 0 aliphatic carbocycles. The third kappa shape index (κ3) is 2.14. The minimum absolute atomic E-state index is 0.109. The predicted molar refractivity (Wildman–Crippen MR) is 114 cm³/mol. The molecule has 4 atom stereocenters. The van der Waals surface area contributed by atoms with Gasteiger partial charge in [0.05, 0.1) is 24.6 Å². The van der Waals surface area contributed by atoms with Gasteiger partial charge in [-0.25, -0.2) is 4.90 Å². The van der Waals surface area contributed by atoms with Gasteiger partial charge in [-0.3, -0.25) is 19.3 Å². The predicted octanol–water partition coefficient (Wildman–Crippen LogP) is 2.43. The number of amides is 3. The summed E-state index contributed by atoms with van der Waals surface area (Å²) in [6.45, 7) is 2.69. The Morgan fingerprint density at radius 2 is 1.84 bits per heavy atom. The monoisotopic (exact) mass is 417 g/mol. The van der Waals surface area contributed by atoms with Gasteiger partial charge in [-0.2, -0.15) is 0 Å². The van der Waals surface area contributed by atoms with Crippen LogP contribution in [-0.2, 0) is 19.9 Å². The fraction of sp³-hybridized carbons (Fsp3) is 0.375. The summed E-state index contributed by atoms with van der Waals surface area (Å²) in [7, 11) is 1.57. The fourth-order valence-corrected chi connectivity index (χ4v) is 6.30. The van der Waals surface area contributed by atoms with Crippen molar-refractivity contribution in [2.75, 3.05) is 23.9 Å². The van der Waals surface area contributed by atoms with Gasteiger partial charge < -0.3 is 10.1 Å². The van der Waals surface area contributed by atoms with E-state index in [1.54, 1.807) is 31.4 Å². The topological polar surface area (TPSA) is 78.9 Å². The lowest BCUT2D eigenvalue weighted by Crippen LogP contribution is -2.54. The Kier molecular flexibility index (Phi) is 3.69. The van der Waals surface area contributed by atoms with Gasteiger partial charge >= 0.3 is 0 Å². The molecule has 7 nitrogen and oxygen atoms in total. The van der Waals surface area contributed by atoms with Crippen LogP contribution in [0, 0.1) is 18.8 Å². The number of aryl methyl sites for hydroxylation is 1. The largest absolute Gasteiger partial charge is 0.497 e. The molecule has 2 aromatic rings. The van der Waals surface area contributed by atoms with Crippen LogP contribution in [0.5, 0.6) is 5.75 Å². The van der Waals surface area contributed by atoms with Crippen molar-refractivity contribution in [1.82, 2.24) is 4.90 Å². The number of hydrogen-bond donors (Lipinski definition) is 1. The first kappa shape index (κ1) is 18.6. The maximum atomic E-state index is 13.9. The Morgan fingerprint density at radius 1 is 1.06 bits per heavy atom. The van der Waals surface area contributed by atoms with E-state index in [0.717, 1.165) is 29.7 Å². The summed E-state index contributed by atoms with van der Waals surface area (Å²) >= 11 is 0. The van der Waals surface area contributed by atoms with Crippen LogP contribution in [0.25, 0.3) is 0 Å². The van der Waals surface area contributed by atoms with Crippen molar-refractivity contribution in [3.8, 4) is 5.75 Å². The number of nitrogens with one attached hydrogen (secondary N) is 1. The van der Waals surface area contributed by atoms with Gasteiger partial charge in [-0.1, -0.05) is 17.7 Å². The maximum absolute atomic E-state index is 13.9. The molecule has 3 fully saturated rings. The second-order valence-corrected chi connectivity index (χ2v) is 8.89. The van der Waals surface area contributed by atoms with E-state index in [4.69, 9.17) is 4.74 Å². The maximum Gasteiger partial charge on any atom is 0.250 e. The number of rotatable bonds is 2. The molecule has 0 saturated carbocycles. The highest BCUT2D eigenvalue weighted by Gasteiger charge is 2.74. The third-order valence-electron chi connectivity index (χ3n) is 7.48. The lowest BCUT2D eigenvalue weighted by molar-refractivity contribution is -0.135. The van der Waals surface area contributed by atoms with Gasteiger partial charge in [0.2, 0.25) is 17.7 Å². The first-order chi connectivity index (χ1) is 15.0. The number of hydrogen-bond acceptors (Lipinski definition) is 5. The number of ether oxygens (including phenoxy) is 1. The smallest absolute Gasteiger partial charge is 0.250 e. The van der Waals surface area contributed by atoms with E-state index in [-0.39, 0.29) is 23.8 Å². The normalized spacial score (nSPS) is 31.2. The lowest BCUT2D eigenvalue weighted by atomic mass is 9.75. The van der Waals surface area contributed by atoms with Gasteiger partial charge in [0, 0.05) is 17.3 Å². The van der Waals surface area contributed by atoms with E-state index < -0.39 is 17.4 Å². The van der Waals surface area contributed by atoms with Gasteiger partial charge in [0.1, 0.15) is 11.3 Å². The Hall–Kier alpha value is -3.19. The molecular formula is C24H23N3O4. The highest BCUT2D eigenvalue weighted by molar-refractivity contribution is 6.25. The molecule has 158 valence electrons. The molecule has 31 heavy (non-hydrogen) atoms. The van der Waals surface area contributed by atoms with Crippen LogP contribution in [0.1, 0.15) is 24.0 Å². The molecule has 4 aliphatic heterocycles. The van der Waals surface area contributed by atoms with E-state index in [2.05, 4.69) is 10.2 Å². The van der Waals surface area contributed by atoms with E-state index in [0.29, 0.717) is 18.0 Å². The molecule has 0 radical (unpaired) electrons. The first-order valence-corrected chi connectivity index (χ1v) is 10.7. The average Bonchev–Trinajstić information content (AvgIpc) is 3.47. The lowest BCUT2D eigenvalue weighted by Gasteiger charge is -2.36. The standard InChI is InChI=1S/C24H23N3O4/c1-13-5-10-17-16(12-13)24(23(30)25-17)20-19(18-4-3-11-26(18)24)21(28)27(22(20)29)14-6-8-15(31-2)9-7-14/h5-10,12,18-20H,3-4,11H2,1-2H3,(H,25,30)/t18-,19+,20-,24+/m0/s1. The molecule has 0 unspecified atom stereocenters. The van der Waals surface area contributed by atoms with Gasteiger partial charge in [0.15, 0.2) is 0 Å². The van der Waals surface area contributed by atoms with Crippen molar-refractivity contribution in [3.63, 3.8) is 0 Å². The Labute approximate surface area is 180 Å². The molecule has 2 aromatic carbocycles. The third-order valence-corrected chi connectivity index (χ3v) is 7.48. The van der Waals surface area contributed by atoms with E-state index in [1.165, 1.54) is 4.90 Å². The Morgan fingerprint density at radius 3 is 2.58 bits per heavy atom. The van der Waals surface area contributed by atoms with Crippen LogP contribution >= 0.6 is 0 Å². The van der Waals surface area contributed by atoms with Gasteiger partial charge in [-0.15, -0.1) is 0 Å². The quantitative estimate of drug-likeness (QED) is 0.760. The summed E-state index contributed by atoms with van der Waals surface area (Å²) in [4.78, 5) is 44.5. The zero-order valence-corrected chi connectivity index (χ0v) is 17.4. The first-order valence-electron chi connectivity index (χ1n) is 10.7. The van der Waals surface area contributed by atoms with Crippen molar-refractivity contribution >= 4 is 29.1 Å². The molecule has 6 rings (SSSR count). The SMILES string of the molecule is COc1ccc(N2C(=O)[C@H]3[C@@H](C2=O)[C@]2(C(=O)Nc4ccc(C)cc42)N2CCC[C@@H]32)cc1. The van der Waals surface area contributed by atoms with Crippen LogP contribution in [0.2, 0.25) is 0 Å². The highest BCUT2D eigenvalue weighted by Crippen LogP contribution is 2.60. The van der Waals surface area contributed by atoms with Gasteiger partial charge in [-0.05, 0) is 56.6 Å². The number of anilines is 2. The van der Waals surface area contributed by atoms with Crippen molar-refractivity contribution < 1.29 is 19.1 Å². The molecule has 3 amide bonds. The van der Waals surface area contributed by atoms with Gasteiger partial charge in [0.25, 0.3) is 0 Å². The molecular weight excluding hydrogens is 394 g/mol. The van der Waals surface area contributed by atoms with Crippen LogP contribution in [0.3, 0.4) is 0 Å². The summed E-state index contributed by atoms with van der Waals surface area (Å²) in [5.41, 5.74) is 1.99. The summed E-state index contributed by atoms with van der Waals surface area (Å²) in [6, 6.07) is 12.7. The zero-order valence-electron chi connectivity index (χ0n) is 17.4. The molecule has 1 spiro atoms. The number of carbonyl (C=O) groups is 3. The average molecular weight is 417 g/mol. The zero-order chi connectivity index (χ0) is 21.5. The van der Waals surface area contributed by atoms with Crippen molar-refractivity contribution in [2.45, 2.75) is 31.3 Å². The fourth-order valence-electron chi connectivity index (χ4n) is 6.30. The van der Waals surface area contributed by atoms with Crippen molar-refractivity contribution in [3.05, 3.63) is 53.6 Å². The van der Waals surface area contributed by atoms with Crippen molar-refractivity contribution in [1.29, 1.82) is 0 Å². The van der Waals surface area contributed by atoms with Crippen LogP contribution in [-0.4, -0.2) is 42.3 Å². The molecule has 3 saturated heterocycles. The second kappa shape index (κ2) is 6.17. The summed E-state index contributed by atoms with van der Waals surface area (Å²) in [6.07, 6.45) is 1.72. The van der Waals surface area contributed by atoms with Crippen LogP contribution in [0.4, 0.5) is 11.4 Å². The summed E-state index contributed by atoms with van der Waals surface area (Å²) in [5, 5.41) is 3.01. The Balaban J connectivity index is 1.53. The van der Waals surface area contributed by atoms with E-state index in [9.17, 15) is 14.4 Å². The van der Waals surface area contributed by atoms with Crippen molar-refractivity contribution in [2.24, 2.45) is 11.8 Å². The molecule has 7 heteroatoms. The highest BCUT2D eigenvalue weighted by atomic mass is 16.5. The van der Waals surface area contributed by atoms with E-state index >= 15 is 0 Å².